The number of carbonyl (C=O) groups excluding carboxylic acids is 4. The quantitative estimate of drug-likeness (QED) is 0.253. The van der Waals surface area contributed by atoms with E-state index >= 15 is 0 Å². The molecule has 0 aromatic carbocycles. The summed E-state index contributed by atoms with van der Waals surface area (Å²) < 4.78 is 25.9. The van der Waals surface area contributed by atoms with Crippen LogP contribution in [0, 0.1) is 23.7 Å². The second kappa shape index (κ2) is 16.5. The van der Waals surface area contributed by atoms with Gasteiger partial charge in [0.2, 0.25) is 0 Å². The minimum Gasteiger partial charge on any atom is -0.469 e. The number of carbonyl (C=O) groups is 4. The van der Waals surface area contributed by atoms with Gasteiger partial charge < -0.3 is 23.7 Å². The summed E-state index contributed by atoms with van der Waals surface area (Å²) in [6, 6.07) is 0. The lowest BCUT2D eigenvalue weighted by Gasteiger charge is -2.23. The molecule has 0 saturated heterocycles. The average molecular weight is 499 g/mol. The molecule has 9 nitrogen and oxygen atoms in total. The number of hydrogen-bond donors (Lipinski definition) is 0. The molecule has 0 unspecified atom stereocenters. The Kier molecular flexibility index (Phi) is 13.7. The Balaban J connectivity index is 1.57. The van der Waals surface area contributed by atoms with E-state index in [2.05, 4.69) is 0 Å². The van der Waals surface area contributed by atoms with Crippen LogP contribution in [0.25, 0.3) is 0 Å². The highest BCUT2D eigenvalue weighted by atomic mass is 16.6. The summed E-state index contributed by atoms with van der Waals surface area (Å²) in [5, 5.41) is 0. The lowest BCUT2D eigenvalue weighted by molar-refractivity contribution is -0.154. The number of hydrogen-bond acceptors (Lipinski definition) is 9. The van der Waals surface area contributed by atoms with E-state index in [0.717, 1.165) is 51.4 Å². The van der Waals surface area contributed by atoms with Crippen molar-refractivity contribution in [2.75, 3.05) is 40.6 Å². The molecule has 2 saturated carbocycles. The molecular weight excluding hydrogens is 456 g/mol. The zero-order valence-corrected chi connectivity index (χ0v) is 21.3. The Hall–Kier alpha value is -2.16. The fourth-order valence-corrected chi connectivity index (χ4v) is 4.96. The number of esters is 4. The van der Waals surface area contributed by atoms with Crippen LogP contribution >= 0.6 is 0 Å². The first kappa shape index (κ1) is 29.1. The van der Waals surface area contributed by atoms with Crippen molar-refractivity contribution >= 4 is 23.9 Å². The van der Waals surface area contributed by atoms with Crippen LogP contribution in [0.5, 0.6) is 0 Å². The minimum absolute atomic E-state index is 0.140. The van der Waals surface area contributed by atoms with Gasteiger partial charge in [-0.3, -0.25) is 19.2 Å². The van der Waals surface area contributed by atoms with Crippen molar-refractivity contribution < 1.29 is 42.9 Å². The van der Waals surface area contributed by atoms with Crippen LogP contribution in [0.15, 0.2) is 0 Å². The third-order valence-electron chi connectivity index (χ3n) is 7.12. The molecule has 0 radical (unpaired) electrons. The van der Waals surface area contributed by atoms with E-state index in [0.29, 0.717) is 25.7 Å². The van der Waals surface area contributed by atoms with Gasteiger partial charge in [0.05, 0.1) is 51.1 Å². The molecule has 2 fully saturated rings. The molecule has 0 spiro atoms. The monoisotopic (exact) mass is 498 g/mol. The van der Waals surface area contributed by atoms with Crippen molar-refractivity contribution in [1.82, 2.24) is 0 Å². The van der Waals surface area contributed by atoms with Crippen molar-refractivity contribution in [1.29, 1.82) is 0 Å². The molecular formula is C26H42O9. The summed E-state index contributed by atoms with van der Waals surface area (Å²) in [5.41, 5.74) is 0. The molecule has 0 heterocycles. The largest absolute Gasteiger partial charge is 0.469 e. The van der Waals surface area contributed by atoms with Gasteiger partial charge in [-0.1, -0.05) is 25.7 Å². The predicted octanol–water partition coefficient (Wildman–Crippen LogP) is 3.61. The molecule has 0 aromatic rings. The second-order valence-electron chi connectivity index (χ2n) is 9.50. The molecule has 35 heavy (non-hydrogen) atoms. The van der Waals surface area contributed by atoms with Crippen LogP contribution in [0.2, 0.25) is 0 Å². The fraction of sp³-hybridized carbons (Fsp3) is 0.846. The molecule has 0 aliphatic heterocycles. The molecule has 0 bridgehead atoms. The van der Waals surface area contributed by atoms with Gasteiger partial charge in [-0.05, 0) is 51.4 Å². The zero-order valence-electron chi connectivity index (χ0n) is 21.3. The first-order chi connectivity index (χ1) is 17.0. The summed E-state index contributed by atoms with van der Waals surface area (Å²) in [7, 11) is 2.79. The van der Waals surface area contributed by atoms with Gasteiger partial charge in [-0.2, -0.15) is 0 Å². The Bertz CT molecular complexity index is 622. The van der Waals surface area contributed by atoms with Crippen molar-refractivity contribution in [3.8, 4) is 0 Å². The first-order valence-electron chi connectivity index (χ1n) is 13.0. The Morgan fingerprint density at radius 3 is 1.11 bits per heavy atom. The standard InChI is InChI=1S/C26H42O9/c1-31-23(27)19-7-3-5-9-21(13-11-19)25(29)34-17-15-33-16-18-35-26(30)22-10-6-4-8-20(12-14-22)24(28)32-2/h19-22H,3-18H2,1-2H3/t19-,20+,21+,22-. The van der Waals surface area contributed by atoms with E-state index in [4.69, 9.17) is 23.7 Å². The number of methoxy groups -OCH3 is 2. The molecule has 0 aromatic heterocycles. The Morgan fingerprint density at radius 1 is 0.486 bits per heavy atom. The third-order valence-corrected chi connectivity index (χ3v) is 7.12. The summed E-state index contributed by atoms with van der Waals surface area (Å²) in [6.45, 7) is 0.735. The fourth-order valence-electron chi connectivity index (χ4n) is 4.96. The molecule has 2 aliphatic rings. The highest BCUT2D eigenvalue weighted by molar-refractivity contribution is 5.74. The van der Waals surface area contributed by atoms with E-state index < -0.39 is 0 Å². The summed E-state index contributed by atoms with van der Waals surface area (Å²) in [5.74, 6) is -1.59. The normalized spacial score (nSPS) is 25.7. The Labute approximate surface area is 208 Å². The summed E-state index contributed by atoms with van der Waals surface area (Å²) >= 11 is 0. The van der Waals surface area contributed by atoms with Crippen LogP contribution in [-0.2, 0) is 42.9 Å². The van der Waals surface area contributed by atoms with Crippen molar-refractivity contribution in [2.24, 2.45) is 23.7 Å². The van der Waals surface area contributed by atoms with Gasteiger partial charge in [-0.25, -0.2) is 0 Å². The van der Waals surface area contributed by atoms with E-state index in [1.807, 2.05) is 0 Å². The van der Waals surface area contributed by atoms with Crippen LogP contribution in [0.4, 0.5) is 0 Å². The van der Waals surface area contributed by atoms with Crippen LogP contribution < -0.4 is 0 Å². The zero-order chi connectivity index (χ0) is 25.5. The van der Waals surface area contributed by atoms with Gasteiger partial charge in [0.15, 0.2) is 0 Å². The van der Waals surface area contributed by atoms with Crippen LogP contribution in [0.1, 0.15) is 77.0 Å². The minimum atomic E-state index is -0.250. The van der Waals surface area contributed by atoms with Gasteiger partial charge >= 0.3 is 23.9 Å². The molecule has 9 heteroatoms. The molecule has 2 rings (SSSR count). The maximum Gasteiger partial charge on any atom is 0.309 e. The average Bonchev–Trinajstić information content (AvgIpc) is 2.82. The highest BCUT2D eigenvalue weighted by Gasteiger charge is 2.28. The Morgan fingerprint density at radius 2 is 0.800 bits per heavy atom. The van der Waals surface area contributed by atoms with Crippen molar-refractivity contribution in [3.05, 3.63) is 0 Å². The molecule has 4 atom stereocenters. The lowest BCUT2D eigenvalue weighted by Crippen LogP contribution is -2.25. The molecule has 0 amide bonds. The third kappa shape index (κ3) is 10.5. The van der Waals surface area contributed by atoms with Crippen molar-refractivity contribution in [2.45, 2.75) is 77.0 Å². The lowest BCUT2D eigenvalue weighted by atomic mass is 9.85. The predicted molar refractivity (Wildman–Crippen MR) is 126 cm³/mol. The maximum absolute atomic E-state index is 12.4. The summed E-state index contributed by atoms with van der Waals surface area (Å²) in [4.78, 5) is 48.4. The van der Waals surface area contributed by atoms with E-state index in [9.17, 15) is 19.2 Å². The molecule has 0 N–H and O–H groups in total. The first-order valence-corrected chi connectivity index (χ1v) is 13.0. The van der Waals surface area contributed by atoms with Gasteiger partial charge in [0.25, 0.3) is 0 Å². The molecule has 200 valence electrons. The van der Waals surface area contributed by atoms with Gasteiger partial charge in [0, 0.05) is 0 Å². The smallest absolute Gasteiger partial charge is 0.309 e. The second-order valence-corrected chi connectivity index (χ2v) is 9.50. The van der Waals surface area contributed by atoms with E-state index in [1.165, 1.54) is 14.2 Å². The van der Waals surface area contributed by atoms with Gasteiger partial charge in [-0.15, -0.1) is 0 Å². The number of rotatable bonds is 10. The van der Waals surface area contributed by atoms with Gasteiger partial charge in [0.1, 0.15) is 13.2 Å². The maximum atomic E-state index is 12.4. The van der Waals surface area contributed by atoms with Crippen molar-refractivity contribution in [3.63, 3.8) is 0 Å². The molecule has 2 aliphatic carbocycles. The van der Waals surface area contributed by atoms with E-state index in [-0.39, 0.29) is 74.0 Å². The number of ether oxygens (including phenoxy) is 5. The van der Waals surface area contributed by atoms with Crippen LogP contribution in [0.3, 0.4) is 0 Å². The highest BCUT2D eigenvalue weighted by Crippen LogP contribution is 2.29. The summed E-state index contributed by atoms with van der Waals surface area (Å²) in [6.07, 6.45) is 9.25. The SMILES string of the molecule is COC(=O)[C@@H]1CCCC[C@H](C(=O)OCCOCCOC(=O)[C@@H]2CCCC[C@H](C(=O)OC)CC2)CC1. The van der Waals surface area contributed by atoms with Crippen LogP contribution in [-0.4, -0.2) is 64.5 Å². The van der Waals surface area contributed by atoms with E-state index in [1.54, 1.807) is 0 Å². The topological polar surface area (TPSA) is 114 Å².